The Labute approximate surface area is 180 Å². The van der Waals surface area contributed by atoms with Crippen LogP contribution in [-0.4, -0.2) is 69.7 Å². The fourth-order valence-corrected chi connectivity index (χ4v) is 4.31. The number of hydrogen-bond donors (Lipinski definition) is 2. The fraction of sp³-hybridized carbons (Fsp3) is 0.652. The third-order valence-electron chi connectivity index (χ3n) is 6.26. The van der Waals surface area contributed by atoms with E-state index in [4.69, 9.17) is 4.74 Å². The first-order valence-corrected chi connectivity index (χ1v) is 11.1. The molecule has 0 bridgehead atoms. The molecule has 166 valence electrons. The normalized spacial score (nSPS) is 24.5. The predicted octanol–water partition coefficient (Wildman–Crippen LogP) is 2.48. The number of nitrogens with zero attached hydrogens (tertiary/aromatic N) is 3. The summed E-state index contributed by atoms with van der Waals surface area (Å²) in [6, 6.07) is 8.83. The van der Waals surface area contributed by atoms with Gasteiger partial charge in [-0.1, -0.05) is 31.9 Å². The van der Waals surface area contributed by atoms with Crippen LogP contribution in [0.2, 0.25) is 0 Å². The minimum atomic E-state index is 0.00913. The summed E-state index contributed by atoms with van der Waals surface area (Å²) in [7, 11) is 5.25. The highest BCUT2D eigenvalue weighted by molar-refractivity contribution is 5.85. The molecule has 1 heterocycles. The first-order valence-electron chi connectivity index (χ1n) is 11.1. The Balaban J connectivity index is 1.66. The standard InChI is InChI=1S/C23H37N5O2/c1-17-9-5-6-10-19(17)26-23(24-15-22(29)27(2)3)25-18-13-14-28(16-18)20-11-7-8-12-21(20)30-4/h7-8,11-12,17-19H,5-6,9-10,13-16H2,1-4H3,(H2,24,25,26). The number of hydrogen-bond acceptors (Lipinski definition) is 4. The van der Waals surface area contributed by atoms with E-state index in [-0.39, 0.29) is 18.5 Å². The van der Waals surface area contributed by atoms with Crippen molar-refractivity contribution in [3.05, 3.63) is 24.3 Å². The summed E-state index contributed by atoms with van der Waals surface area (Å²) in [6.07, 6.45) is 5.96. The summed E-state index contributed by atoms with van der Waals surface area (Å²) in [5.41, 5.74) is 1.12. The van der Waals surface area contributed by atoms with Crippen LogP contribution < -0.4 is 20.3 Å². The Kier molecular flexibility index (Phi) is 7.82. The summed E-state index contributed by atoms with van der Waals surface area (Å²) >= 11 is 0. The van der Waals surface area contributed by atoms with Gasteiger partial charge in [0.05, 0.1) is 12.8 Å². The number of carbonyl (C=O) groups is 1. The summed E-state index contributed by atoms with van der Waals surface area (Å²) < 4.78 is 5.53. The Morgan fingerprint density at radius 3 is 2.70 bits per heavy atom. The highest BCUT2D eigenvalue weighted by atomic mass is 16.5. The van der Waals surface area contributed by atoms with Gasteiger partial charge in [-0.15, -0.1) is 0 Å². The summed E-state index contributed by atoms with van der Waals surface area (Å²) in [5.74, 6) is 2.28. The molecular formula is C23H37N5O2. The van der Waals surface area contributed by atoms with Crippen molar-refractivity contribution in [3.63, 3.8) is 0 Å². The second-order valence-corrected chi connectivity index (χ2v) is 8.71. The predicted molar refractivity (Wildman–Crippen MR) is 122 cm³/mol. The van der Waals surface area contributed by atoms with Crippen LogP contribution in [0.5, 0.6) is 5.75 Å². The third-order valence-corrected chi connectivity index (χ3v) is 6.26. The Bertz CT molecular complexity index is 736. The number of aliphatic imine (C=N–C) groups is 1. The third kappa shape index (κ3) is 5.80. The van der Waals surface area contributed by atoms with E-state index in [1.807, 2.05) is 18.2 Å². The molecule has 3 atom stereocenters. The molecule has 0 spiro atoms. The van der Waals surface area contributed by atoms with Gasteiger partial charge < -0.3 is 25.2 Å². The highest BCUT2D eigenvalue weighted by Gasteiger charge is 2.27. The zero-order chi connectivity index (χ0) is 21.5. The number of ether oxygens (including phenoxy) is 1. The molecule has 30 heavy (non-hydrogen) atoms. The van der Waals surface area contributed by atoms with Gasteiger partial charge in [-0.05, 0) is 37.3 Å². The lowest BCUT2D eigenvalue weighted by atomic mass is 9.86. The van der Waals surface area contributed by atoms with Crippen molar-refractivity contribution >= 4 is 17.6 Å². The van der Waals surface area contributed by atoms with Gasteiger partial charge in [-0.25, -0.2) is 4.99 Å². The summed E-state index contributed by atoms with van der Waals surface area (Å²) in [4.78, 5) is 20.7. The second kappa shape index (κ2) is 10.5. The van der Waals surface area contributed by atoms with Crippen LogP contribution in [0.25, 0.3) is 0 Å². The van der Waals surface area contributed by atoms with Crippen molar-refractivity contribution in [2.24, 2.45) is 10.9 Å². The Morgan fingerprint density at radius 2 is 1.97 bits per heavy atom. The Morgan fingerprint density at radius 1 is 1.20 bits per heavy atom. The number of rotatable bonds is 6. The minimum absolute atomic E-state index is 0.00913. The molecule has 0 aromatic heterocycles. The van der Waals surface area contributed by atoms with Gasteiger partial charge in [-0.3, -0.25) is 4.79 Å². The smallest absolute Gasteiger partial charge is 0.243 e. The van der Waals surface area contributed by atoms with Gasteiger partial charge in [0.25, 0.3) is 0 Å². The topological polar surface area (TPSA) is 69.2 Å². The van der Waals surface area contributed by atoms with E-state index in [9.17, 15) is 4.79 Å². The molecule has 2 N–H and O–H groups in total. The second-order valence-electron chi connectivity index (χ2n) is 8.71. The largest absolute Gasteiger partial charge is 0.495 e. The van der Waals surface area contributed by atoms with Crippen molar-refractivity contribution in [1.29, 1.82) is 0 Å². The van der Waals surface area contributed by atoms with Crippen molar-refractivity contribution in [3.8, 4) is 5.75 Å². The molecule has 1 amide bonds. The number of amides is 1. The fourth-order valence-electron chi connectivity index (χ4n) is 4.31. The number of likely N-dealkylation sites (N-methyl/N-ethyl adjacent to an activating group) is 1. The molecule has 7 nitrogen and oxygen atoms in total. The molecule has 7 heteroatoms. The average molecular weight is 416 g/mol. The molecule has 3 unspecified atom stereocenters. The van der Waals surface area contributed by atoms with Crippen molar-refractivity contribution in [2.45, 2.75) is 51.1 Å². The van der Waals surface area contributed by atoms with E-state index in [0.29, 0.717) is 12.0 Å². The van der Waals surface area contributed by atoms with Crippen LogP contribution >= 0.6 is 0 Å². The van der Waals surface area contributed by atoms with Crippen LogP contribution in [0.4, 0.5) is 5.69 Å². The first kappa shape index (κ1) is 22.2. The quantitative estimate of drug-likeness (QED) is 0.552. The van der Waals surface area contributed by atoms with Crippen LogP contribution in [0.1, 0.15) is 39.0 Å². The number of para-hydroxylation sites is 2. The van der Waals surface area contributed by atoms with E-state index in [1.54, 1.807) is 26.1 Å². The van der Waals surface area contributed by atoms with Gasteiger partial charge >= 0.3 is 0 Å². The minimum Gasteiger partial charge on any atom is -0.495 e. The zero-order valence-corrected chi connectivity index (χ0v) is 18.9. The lowest BCUT2D eigenvalue weighted by molar-refractivity contribution is -0.127. The number of carbonyl (C=O) groups excluding carboxylic acids is 1. The summed E-state index contributed by atoms with van der Waals surface area (Å²) in [6.45, 7) is 4.30. The summed E-state index contributed by atoms with van der Waals surface area (Å²) in [5, 5.41) is 7.23. The zero-order valence-electron chi connectivity index (χ0n) is 18.9. The SMILES string of the molecule is COc1ccccc1N1CCC(NC(=NCC(=O)N(C)C)NC2CCCCC2C)C1. The van der Waals surface area contributed by atoms with E-state index in [0.717, 1.165) is 43.3 Å². The van der Waals surface area contributed by atoms with Crippen LogP contribution in [0, 0.1) is 5.92 Å². The van der Waals surface area contributed by atoms with E-state index < -0.39 is 0 Å². The van der Waals surface area contributed by atoms with Crippen molar-refractivity contribution in [1.82, 2.24) is 15.5 Å². The highest BCUT2D eigenvalue weighted by Crippen LogP contribution is 2.30. The molecule has 1 aromatic rings. The average Bonchev–Trinajstić information content (AvgIpc) is 3.21. The lowest BCUT2D eigenvalue weighted by Crippen LogP contribution is -2.51. The number of nitrogens with one attached hydrogen (secondary N) is 2. The molecule has 2 aliphatic rings. The number of benzene rings is 1. The van der Waals surface area contributed by atoms with Crippen molar-refractivity contribution in [2.75, 3.05) is 45.7 Å². The van der Waals surface area contributed by atoms with E-state index >= 15 is 0 Å². The molecule has 2 fully saturated rings. The molecule has 1 aliphatic carbocycles. The molecular weight excluding hydrogens is 378 g/mol. The maximum atomic E-state index is 12.1. The molecule has 1 aliphatic heterocycles. The van der Waals surface area contributed by atoms with Crippen molar-refractivity contribution < 1.29 is 9.53 Å². The molecule has 0 radical (unpaired) electrons. The maximum Gasteiger partial charge on any atom is 0.243 e. The number of guanidine groups is 1. The number of methoxy groups -OCH3 is 1. The lowest BCUT2D eigenvalue weighted by Gasteiger charge is -2.31. The van der Waals surface area contributed by atoms with Gasteiger partial charge in [0.2, 0.25) is 5.91 Å². The monoisotopic (exact) mass is 415 g/mol. The molecule has 3 rings (SSSR count). The first-order chi connectivity index (χ1) is 14.5. The van der Waals surface area contributed by atoms with Gasteiger partial charge in [0.1, 0.15) is 12.3 Å². The maximum absolute atomic E-state index is 12.1. The van der Waals surface area contributed by atoms with Crippen LogP contribution in [0.3, 0.4) is 0 Å². The number of anilines is 1. The molecule has 1 aromatic carbocycles. The van der Waals surface area contributed by atoms with Gasteiger partial charge in [0.15, 0.2) is 5.96 Å². The van der Waals surface area contributed by atoms with Crippen LogP contribution in [-0.2, 0) is 4.79 Å². The molecule has 1 saturated carbocycles. The van der Waals surface area contributed by atoms with Gasteiger partial charge in [-0.2, -0.15) is 0 Å². The Hall–Kier alpha value is -2.44. The van der Waals surface area contributed by atoms with E-state index in [2.05, 4.69) is 33.5 Å². The van der Waals surface area contributed by atoms with E-state index in [1.165, 1.54) is 19.3 Å². The molecule has 1 saturated heterocycles. The van der Waals surface area contributed by atoms with Gasteiger partial charge in [0, 0.05) is 39.3 Å². The van der Waals surface area contributed by atoms with Crippen LogP contribution in [0.15, 0.2) is 29.3 Å².